The van der Waals surface area contributed by atoms with Gasteiger partial charge in [-0.15, -0.1) is 0 Å². The van der Waals surface area contributed by atoms with Crippen LogP contribution in [0.5, 0.6) is 0 Å². The summed E-state index contributed by atoms with van der Waals surface area (Å²) >= 11 is 0. The molecule has 0 N–H and O–H groups in total. The second-order valence-electron chi connectivity index (χ2n) is 2.99. The van der Waals surface area contributed by atoms with Crippen molar-refractivity contribution in [1.29, 1.82) is 0 Å². The van der Waals surface area contributed by atoms with Crippen LogP contribution < -0.4 is 4.90 Å². The van der Waals surface area contributed by atoms with Crippen LogP contribution >= 0.6 is 0 Å². The Morgan fingerprint density at radius 3 is 2.23 bits per heavy atom. The molecule has 0 bridgehead atoms. The van der Waals surface area contributed by atoms with Crippen LogP contribution in [0, 0.1) is 6.07 Å². The molecular formula is C10H13N2O. The number of rotatable bonds is 1. The molecule has 69 valence electrons. The summed E-state index contributed by atoms with van der Waals surface area (Å²) in [7, 11) is 5.21. The number of carbonyl (C=O) groups excluding carboxylic acids is 1. The van der Waals surface area contributed by atoms with Crippen molar-refractivity contribution in [2.24, 2.45) is 0 Å². The van der Waals surface area contributed by atoms with Gasteiger partial charge < -0.3 is 4.90 Å². The average molecular weight is 177 g/mol. The lowest BCUT2D eigenvalue weighted by Gasteiger charge is -2.21. The Kier molecular flexibility index (Phi) is 2.90. The molecule has 0 aromatic heterocycles. The summed E-state index contributed by atoms with van der Waals surface area (Å²) < 4.78 is 0. The van der Waals surface area contributed by atoms with E-state index in [0.29, 0.717) is 0 Å². The average Bonchev–Trinajstić information content (AvgIpc) is 2.17. The third-order valence-electron chi connectivity index (χ3n) is 1.76. The first-order chi connectivity index (χ1) is 6.13. The maximum atomic E-state index is 11.5. The highest BCUT2D eigenvalue weighted by Gasteiger charge is 2.11. The molecule has 1 radical (unpaired) electrons. The highest BCUT2D eigenvalue weighted by Crippen LogP contribution is 2.11. The number of urea groups is 1. The first-order valence-corrected chi connectivity index (χ1v) is 4.04. The molecule has 0 aliphatic carbocycles. The molecule has 0 aliphatic rings. The van der Waals surface area contributed by atoms with Crippen LogP contribution in [0.25, 0.3) is 0 Å². The summed E-state index contributed by atoms with van der Waals surface area (Å²) in [4.78, 5) is 14.6. The molecule has 0 spiro atoms. The Morgan fingerprint density at radius 1 is 1.23 bits per heavy atom. The highest BCUT2D eigenvalue weighted by molar-refractivity contribution is 5.90. The van der Waals surface area contributed by atoms with E-state index in [1.165, 1.54) is 4.90 Å². The SMILES string of the molecule is CN(C)C(=O)N(C)c1cc[c]cc1. The van der Waals surface area contributed by atoms with E-state index >= 15 is 0 Å². The molecule has 0 saturated heterocycles. The smallest absolute Gasteiger partial charge is 0.323 e. The fourth-order valence-electron chi connectivity index (χ4n) is 1.01. The highest BCUT2D eigenvalue weighted by atomic mass is 16.2. The van der Waals surface area contributed by atoms with Crippen molar-refractivity contribution >= 4 is 11.7 Å². The molecule has 13 heavy (non-hydrogen) atoms. The van der Waals surface area contributed by atoms with E-state index in [1.807, 2.05) is 12.1 Å². The molecule has 1 rings (SSSR count). The monoisotopic (exact) mass is 177 g/mol. The standard InChI is InChI=1S/C10H13N2O/c1-11(2)10(13)12(3)9-7-5-4-6-8-9/h5-8H,1-3H3. The van der Waals surface area contributed by atoms with E-state index in [4.69, 9.17) is 0 Å². The van der Waals surface area contributed by atoms with E-state index < -0.39 is 0 Å². The zero-order chi connectivity index (χ0) is 9.84. The Labute approximate surface area is 78.6 Å². The topological polar surface area (TPSA) is 23.6 Å². The first-order valence-electron chi connectivity index (χ1n) is 4.04. The number of carbonyl (C=O) groups is 1. The third kappa shape index (κ3) is 2.21. The Balaban J connectivity index is 2.80. The van der Waals surface area contributed by atoms with Gasteiger partial charge in [-0.3, -0.25) is 4.90 Å². The van der Waals surface area contributed by atoms with Crippen LogP contribution in [0.3, 0.4) is 0 Å². The first kappa shape index (κ1) is 9.58. The number of hydrogen-bond donors (Lipinski definition) is 0. The number of benzene rings is 1. The van der Waals surface area contributed by atoms with Crippen LogP contribution in [0.4, 0.5) is 10.5 Å². The van der Waals surface area contributed by atoms with E-state index in [0.717, 1.165) is 5.69 Å². The van der Waals surface area contributed by atoms with Gasteiger partial charge in [0.1, 0.15) is 0 Å². The van der Waals surface area contributed by atoms with Crippen molar-refractivity contribution in [2.75, 3.05) is 26.0 Å². The summed E-state index contributed by atoms with van der Waals surface area (Å²) in [5.74, 6) is 0. The minimum atomic E-state index is -0.0359. The van der Waals surface area contributed by atoms with Gasteiger partial charge in [0.25, 0.3) is 0 Å². The van der Waals surface area contributed by atoms with Gasteiger partial charge in [0.05, 0.1) is 0 Å². The van der Waals surface area contributed by atoms with Crippen molar-refractivity contribution in [3.63, 3.8) is 0 Å². The van der Waals surface area contributed by atoms with Crippen molar-refractivity contribution in [3.8, 4) is 0 Å². The van der Waals surface area contributed by atoms with Gasteiger partial charge in [-0.25, -0.2) is 4.79 Å². The minimum Gasteiger partial charge on any atom is -0.330 e. The van der Waals surface area contributed by atoms with Crippen molar-refractivity contribution < 1.29 is 4.79 Å². The summed E-state index contributed by atoms with van der Waals surface area (Å²) in [6.45, 7) is 0. The maximum Gasteiger partial charge on any atom is 0.323 e. The zero-order valence-corrected chi connectivity index (χ0v) is 8.11. The van der Waals surface area contributed by atoms with Crippen LogP contribution in [-0.2, 0) is 0 Å². The molecule has 1 aromatic carbocycles. The van der Waals surface area contributed by atoms with Gasteiger partial charge >= 0.3 is 6.03 Å². The zero-order valence-electron chi connectivity index (χ0n) is 8.11. The lowest BCUT2D eigenvalue weighted by atomic mass is 10.3. The molecule has 2 amide bonds. The van der Waals surface area contributed by atoms with Crippen LogP contribution in [0.2, 0.25) is 0 Å². The molecule has 0 unspecified atom stereocenters. The lowest BCUT2D eigenvalue weighted by molar-refractivity contribution is 0.225. The third-order valence-corrected chi connectivity index (χ3v) is 1.76. The molecule has 3 heteroatoms. The lowest BCUT2D eigenvalue weighted by Crippen LogP contribution is -2.36. The van der Waals surface area contributed by atoms with Crippen molar-refractivity contribution in [1.82, 2.24) is 4.90 Å². The van der Waals surface area contributed by atoms with Gasteiger partial charge in [0.15, 0.2) is 0 Å². The molecule has 0 saturated carbocycles. The van der Waals surface area contributed by atoms with Crippen LogP contribution in [0.15, 0.2) is 24.3 Å². The fraction of sp³-hybridized carbons (Fsp3) is 0.300. The summed E-state index contributed by atoms with van der Waals surface area (Å²) in [6, 6.07) is 10.1. The quantitative estimate of drug-likeness (QED) is 0.639. The molecular weight excluding hydrogens is 164 g/mol. The van der Waals surface area contributed by atoms with Crippen LogP contribution in [-0.4, -0.2) is 32.1 Å². The fourth-order valence-corrected chi connectivity index (χ4v) is 1.01. The number of nitrogens with zero attached hydrogens (tertiary/aromatic N) is 2. The van der Waals surface area contributed by atoms with Gasteiger partial charge in [0.2, 0.25) is 0 Å². The Bertz CT molecular complexity index is 282. The molecule has 3 nitrogen and oxygen atoms in total. The summed E-state index contributed by atoms with van der Waals surface area (Å²) in [5.41, 5.74) is 0.873. The normalized spacial score (nSPS) is 9.46. The largest absolute Gasteiger partial charge is 0.330 e. The Morgan fingerprint density at radius 2 is 1.77 bits per heavy atom. The minimum absolute atomic E-state index is 0.0359. The van der Waals surface area contributed by atoms with E-state index in [1.54, 1.807) is 38.2 Å². The van der Waals surface area contributed by atoms with E-state index in [2.05, 4.69) is 6.07 Å². The van der Waals surface area contributed by atoms with Gasteiger partial charge in [-0.1, -0.05) is 12.1 Å². The number of amides is 2. The molecule has 1 aromatic rings. The van der Waals surface area contributed by atoms with Crippen molar-refractivity contribution in [2.45, 2.75) is 0 Å². The second kappa shape index (κ2) is 3.94. The summed E-state index contributed by atoms with van der Waals surface area (Å²) in [6.07, 6.45) is 0. The number of hydrogen-bond acceptors (Lipinski definition) is 1. The molecule has 0 fully saturated rings. The van der Waals surface area contributed by atoms with Crippen molar-refractivity contribution in [3.05, 3.63) is 30.3 Å². The molecule has 0 aliphatic heterocycles. The predicted octanol–water partition coefficient (Wildman–Crippen LogP) is 1.60. The van der Waals surface area contributed by atoms with Crippen LogP contribution in [0.1, 0.15) is 0 Å². The predicted molar refractivity (Wildman–Crippen MR) is 52.8 cm³/mol. The number of anilines is 1. The van der Waals surface area contributed by atoms with E-state index in [9.17, 15) is 4.79 Å². The Hall–Kier alpha value is -1.51. The van der Waals surface area contributed by atoms with Gasteiger partial charge in [0, 0.05) is 26.8 Å². The van der Waals surface area contributed by atoms with Gasteiger partial charge in [-0.2, -0.15) is 0 Å². The van der Waals surface area contributed by atoms with E-state index in [-0.39, 0.29) is 6.03 Å². The second-order valence-corrected chi connectivity index (χ2v) is 2.99. The van der Waals surface area contributed by atoms with Gasteiger partial charge in [-0.05, 0) is 18.2 Å². The maximum absolute atomic E-state index is 11.5. The summed E-state index contributed by atoms with van der Waals surface area (Å²) in [5, 5.41) is 0. The molecule has 0 heterocycles. The molecule has 0 atom stereocenters.